The first-order valence-corrected chi connectivity index (χ1v) is 7.48. The molecule has 5 heteroatoms. The summed E-state index contributed by atoms with van der Waals surface area (Å²) in [6.07, 6.45) is 2.04. The fourth-order valence-electron chi connectivity index (χ4n) is 2.19. The van der Waals surface area contributed by atoms with Crippen molar-refractivity contribution in [1.29, 1.82) is 0 Å². The minimum atomic E-state index is -0.112. The highest BCUT2D eigenvalue weighted by Gasteiger charge is 2.28. The fraction of sp³-hybridized carbons (Fsp3) is 0.929. The summed E-state index contributed by atoms with van der Waals surface area (Å²) in [5, 5.41) is 6.37. The topological polar surface area (TPSA) is 53.6 Å². The molecule has 1 atom stereocenters. The van der Waals surface area contributed by atoms with Gasteiger partial charge in [0.05, 0.1) is 13.2 Å². The first kappa shape index (κ1) is 16.4. The molecule has 5 nitrogen and oxygen atoms in total. The summed E-state index contributed by atoms with van der Waals surface area (Å²) in [5.74, 6) is 0.110. The number of amides is 1. The highest BCUT2D eigenvalue weighted by Crippen LogP contribution is 2.07. The molecule has 0 aliphatic carbocycles. The molecule has 1 amide bonds. The van der Waals surface area contributed by atoms with Gasteiger partial charge in [0, 0.05) is 25.7 Å². The van der Waals surface area contributed by atoms with Gasteiger partial charge in [-0.2, -0.15) is 0 Å². The third kappa shape index (κ3) is 6.36. The first-order valence-electron chi connectivity index (χ1n) is 7.48. The summed E-state index contributed by atoms with van der Waals surface area (Å²) in [6, 6.07) is 0.410. The molecule has 1 aliphatic rings. The van der Waals surface area contributed by atoms with Crippen LogP contribution < -0.4 is 10.6 Å². The van der Waals surface area contributed by atoms with E-state index >= 15 is 0 Å². The molecule has 1 aliphatic heterocycles. The normalized spacial score (nSPS) is 20.7. The molecule has 2 N–H and O–H groups in total. The van der Waals surface area contributed by atoms with E-state index in [1.165, 1.54) is 0 Å². The maximum absolute atomic E-state index is 12.1. The van der Waals surface area contributed by atoms with Crippen LogP contribution in [0.15, 0.2) is 0 Å². The Balaban J connectivity index is 2.32. The van der Waals surface area contributed by atoms with Crippen LogP contribution in [-0.2, 0) is 9.53 Å². The van der Waals surface area contributed by atoms with Gasteiger partial charge in [0.25, 0.3) is 0 Å². The van der Waals surface area contributed by atoms with Crippen LogP contribution in [0.25, 0.3) is 0 Å². The largest absolute Gasteiger partial charge is 0.378 e. The number of hydrogen-bond acceptors (Lipinski definition) is 4. The van der Waals surface area contributed by atoms with Gasteiger partial charge in [0.1, 0.15) is 6.04 Å². The molecule has 1 saturated heterocycles. The van der Waals surface area contributed by atoms with Crippen LogP contribution in [0.1, 0.15) is 33.6 Å². The standard InChI is InChI=1S/C14H29N3O2/c1-4-6-16-14(18)13-11-19-10-9-17(13)8-5-7-15-12(2)3/h12-13,15H,4-11H2,1-3H3,(H,16,18). The van der Waals surface area contributed by atoms with Crippen molar-refractivity contribution in [2.45, 2.75) is 45.7 Å². The van der Waals surface area contributed by atoms with Crippen molar-refractivity contribution in [3.05, 3.63) is 0 Å². The molecule has 1 unspecified atom stereocenters. The predicted molar refractivity (Wildman–Crippen MR) is 77.2 cm³/mol. The summed E-state index contributed by atoms with van der Waals surface area (Å²) < 4.78 is 5.44. The van der Waals surface area contributed by atoms with Crippen molar-refractivity contribution in [3.63, 3.8) is 0 Å². The molecule has 0 bridgehead atoms. The van der Waals surface area contributed by atoms with Gasteiger partial charge in [-0.25, -0.2) is 0 Å². The van der Waals surface area contributed by atoms with E-state index in [-0.39, 0.29) is 11.9 Å². The molecule has 0 aromatic carbocycles. The van der Waals surface area contributed by atoms with Gasteiger partial charge >= 0.3 is 0 Å². The Morgan fingerprint density at radius 2 is 2.21 bits per heavy atom. The van der Waals surface area contributed by atoms with Gasteiger partial charge in [0.2, 0.25) is 5.91 Å². The average molecular weight is 271 g/mol. The van der Waals surface area contributed by atoms with Crippen molar-refractivity contribution in [2.24, 2.45) is 0 Å². The Labute approximate surface area is 117 Å². The molecule has 19 heavy (non-hydrogen) atoms. The highest BCUT2D eigenvalue weighted by atomic mass is 16.5. The molecule has 1 rings (SSSR count). The number of carbonyl (C=O) groups excluding carboxylic acids is 1. The van der Waals surface area contributed by atoms with Crippen LogP contribution in [0.4, 0.5) is 0 Å². The summed E-state index contributed by atoms with van der Waals surface area (Å²) in [7, 11) is 0. The van der Waals surface area contributed by atoms with Crippen molar-refractivity contribution in [1.82, 2.24) is 15.5 Å². The zero-order valence-corrected chi connectivity index (χ0v) is 12.6. The van der Waals surface area contributed by atoms with Crippen LogP contribution in [-0.4, -0.2) is 62.3 Å². The molecular formula is C14H29N3O2. The number of nitrogens with zero attached hydrogens (tertiary/aromatic N) is 1. The third-order valence-corrected chi connectivity index (χ3v) is 3.27. The van der Waals surface area contributed by atoms with Crippen LogP contribution in [0, 0.1) is 0 Å². The first-order chi connectivity index (χ1) is 9.15. The molecule has 0 saturated carbocycles. The number of nitrogens with one attached hydrogen (secondary N) is 2. The molecule has 112 valence electrons. The summed E-state index contributed by atoms with van der Waals surface area (Å²) in [4.78, 5) is 14.3. The van der Waals surface area contributed by atoms with Gasteiger partial charge in [-0.1, -0.05) is 20.8 Å². The number of morpholine rings is 1. The van der Waals surface area contributed by atoms with Crippen molar-refractivity contribution in [3.8, 4) is 0 Å². The average Bonchev–Trinajstić information content (AvgIpc) is 2.41. The lowest BCUT2D eigenvalue weighted by atomic mass is 10.2. The number of carbonyl (C=O) groups is 1. The second kappa shape index (κ2) is 9.28. The zero-order chi connectivity index (χ0) is 14.1. The van der Waals surface area contributed by atoms with Crippen molar-refractivity contribution >= 4 is 5.91 Å². The van der Waals surface area contributed by atoms with E-state index < -0.39 is 0 Å². The van der Waals surface area contributed by atoms with E-state index in [1.807, 2.05) is 0 Å². The monoisotopic (exact) mass is 271 g/mol. The van der Waals surface area contributed by atoms with Gasteiger partial charge in [0.15, 0.2) is 0 Å². The molecule has 0 spiro atoms. The molecule has 1 heterocycles. The van der Waals surface area contributed by atoms with Gasteiger partial charge < -0.3 is 15.4 Å². The van der Waals surface area contributed by atoms with Gasteiger partial charge in [-0.15, -0.1) is 0 Å². The molecule has 0 aromatic heterocycles. The quantitative estimate of drug-likeness (QED) is 0.635. The molecule has 0 aromatic rings. The minimum absolute atomic E-state index is 0.110. The van der Waals surface area contributed by atoms with Crippen LogP contribution in [0.3, 0.4) is 0 Å². The molecular weight excluding hydrogens is 242 g/mol. The van der Waals surface area contributed by atoms with Crippen molar-refractivity contribution < 1.29 is 9.53 Å². The molecule has 1 fully saturated rings. The van der Waals surface area contributed by atoms with E-state index in [4.69, 9.17) is 4.74 Å². The smallest absolute Gasteiger partial charge is 0.239 e. The lowest BCUT2D eigenvalue weighted by Gasteiger charge is -2.34. The van der Waals surface area contributed by atoms with Gasteiger partial charge in [-0.05, 0) is 19.4 Å². The fourth-order valence-corrected chi connectivity index (χ4v) is 2.19. The predicted octanol–water partition coefficient (Wildman–Crippen LogP) is 0.602. The summed E-state index contributed by atoms with van der Waals surface area (Å²) in [5.41, 5.74) is 0. The molecule has 0 radical (unpaired) electrons. The van der Waals surface area contributed by atoms with E-state index in [0.29, 0.717) is 12.6 Å². The van der Waals surface area contributed by atoms with E-state index in [9.17, 15) is 4.79 Å². The van der Waals surface area contributed by atoms with E-state index in [0.717, 1.165) is 45.6 Å². The Bertz CT molecular complexity index is 259. The second-order valence-electron chi connectivity index (χ2n) is 5.38. The summed E-state index contributed by atoms with van der Waals surface area (Å²) in [6.45, 7) is 11.2. The SMILES string of the molecule is CCCNC(=O)C1COCCN1CCCNC(C)C. The second-order valence-corrected chi connectivity index (χ2v) is 5.38. The zero-order valence-electron chi connectivity index (χ0n) is 12.6. The Hall–Kier alpha value is -0.650. The lowest BCUT2D eigenvalue weighted by molar-refractivity contribution is -0.132. The number of rotatable bonds is 8. The van der Waals surface area contributed by atoms with E-state index in [2.05, 4.69) is 36.3 Å². The van der Waals surface area contributed by atoms with Crippen LogP contribution in [0.5, 0.6) is 0 Å². The Morgan fingerprint density at radius 1 is 1.42 bits per heavy atom. The Morgan fingerprint density at radius 3 is 2.89 bits per heavy atom. The Kier molecular flexibility index (Phi) is 8.02. The summed E-state index contributed by atoms with van der Waals surface area (Å²) >= 11 is 0. The maximum Gasteiger partial charge on any atom is 0.239 e. The lowest BCUT2D eigenvalue weighted by Crippen LogP contribution is -2.54. The number of ether oxygens (including phenoxy) is 1. The number of hydrogen-bond donors (Lipinski definition) is 2. The van der Waals surface area contributed by atoms with Crippen molar-refractivity contribution in [2.75, 3.05) is 39.4 Å². The third-order valence-electron chi connectivity index (χ3n) is 3.27. The highest BCUT2D eigenvalue weighted by molar-refractivity contribution is 5.81. The van der Waals surface area contributed by atoms with E-state index in [1.54, 1.807) is 0 Å². The van der Waals surface area contributed by atoms with Crippen LogP contribution >= 0.6 is 0 Å². The van der Waals surface area contributed by atoms with Gasteiger partial charge in [-0.3, -0.25) is 9.69 Å². The van der Waals surface area contributed by atoms with Crippen LogP contribution in [0.2, 0.25) is 0 Å². The minimum Gasteiger partial charge on any atom is -0.378 e. The maximum atomic E-state index is 12.1.